The van der Waals surface area contributed by atoms with Crippen LogP contribution in [0.5, 0.6) is 0 Å². The fourth-order valence-corrected chi connectivity index (χ4v) is 5.13. The van der Waals surface area contributed by atoms with Gasteiger partial charge in [-0.25, -0.2) is 0 Å². The summed E-state index contributed by atoms with van der Waals surface area (Å²) in [7, 11) is 1.74. The van der Waals surface area contributed by atoms with Crippen LogP contribution in [0.25, 0.3) is 0 Å². The second kappa shape index (κ2) is 9.86. The van der Waals surface area contributed by atoms with Crippen LogP contribution in [0.3, 0.4) is 0 Å². The monoisotopic (exact) mass is 438 g/mol. The maximum atomic E-state index is 12.7. The minimum atomic E-state index is -0.110. The number of nitrogens with zero attached hydrogens (tertiary/aromatic N) is 2. The van der Waals surface area contributed by atoms with Crippen LogP contribution in [0, 0.1) is 23.7 Å². The number of nitrogens with one attached hydrogen (secondary N) is 2. The van der Waals surface area contributed by atoms with E-state index in [-0.39, 0.29) is 41.6 Å². The van der Waals surface area contributed by atoms with Crippen LogP contribution < -0.4 is 10.6 Å². The van der Waals surface area contributed by atoms with Crippen molar-refractivity contribution in [3.8, 4) is 0 Å². The number of aliphatic imine (C=N–C) groups is 1. The summed E-state index contributed by atoms with van der Waals surface area (Å²) in [5.41, 5.74) is 2.30. The van der Waals surface area contributed by atoms with Gasteiger partial charge in [0.15, 0.2) is 5.96 Å². The van der Waals surface area contributed by atoms with Crippen molar-refractivity contribution in [2.45, 2.75) is 45.9 Å². The topological polar surface area (TPSA) is 83.0 Å². The fourth-order valence-electron chi connectivity index (χ4n) is 5.13. The zero-order chi connectivity index (χ0) is 22.7. The predicted octanol–water partition coefficient (Wildman–Crippen LogP) is 2.47. The lowest BCUT2D eigenvalue weighted by molar-refractivity contribution is -0.140. The second-order valence-electron chi connectivity index (χ2n) is 9.21. The number of carbonyl (C=O) groups is 2. The average Bonchev–Trinajstić information content (AvgIpc) is 3.47. The molecule has 4 atom stereocenters. The molecule has 1 saturated heterocycles. The summed E-state index contributed by atoms with van der Waals surface area (Å²) in [5.74, 6) is 1.07. The standard InChI is InChI=1S/C25H34N4O3/c1-16(2)32-15-18-7-4-6-17(12-18)14-28-25(26-3)27-10-5-11-29-23(30)21-19-8-9-20(13-19)22(21)24(29)31/h4,6-9,12,16,19-22H,5,10-11,13-15H2,1-3H3,(H2,26,27,28). The maximum Gasteiger partial charge on any atom is 0.233 e. The SMILES string of the molecule is CN=C(NCCCN1C(=O)C2C3C=CC(C3)C2C1=O)NCc1cccc(COC(C)C)c1. The Bertz CT molecular complexity index is 880. The Labute approximate surface area is 190 Å². The summed E-state index contributed by atoms with van der Waals surface area (Å²) in [4.78, 5) is 31.3. The van der Waals surface area contributed by atoms with Crippen molar-refractivity contribution in [2.75, 3.05) is 20.1 Å². The Balaban J connectivity index is 1.19. The molecule has 7 heteroatoms. The van der Waals surface area contributed by atoms with Crippen LogP contribution in [0.2, 0.25) is 0 Å². The highest BCUT2D eigenvalue weighted by Gasteiger charge is 2.58. The summed E-state index contributed by atoms with van der Waals surface area (Å²) in [6.07, 6.45) is 6.13. The molecule has 2 amide bonds. The molecular formula is C25H34N4O3. The number of hydrogen-bond donors (Lipinski definition) is 2. The number of benzene rings is 1. The third-order valence-electron chi connectivity index (χ3n) is 6.67. The number of likely N-dealkylation sites (tertiary alicyclic amines) is 1. The second-order valence-corrected chi connectivity index (χ2v) is 9.21. The van der Waals surface area contributed by atoms with Crippen molar-refractivity contribution in [3.05, 3.63) is 47.5 Å². The maximum absolute atomic E-state index is 12.7. The molecule has 1 aliphatic heterocycles. The summed E-state index contributed by atoms with van der Waals surface area (Å²) < 4.78 is 5.68. The Morgan fingerprint density at radius 2 is 1.81 bits per heavy atom. The molecule has 4 unspecified atom stereocenters. The van der Waals surface area contributed by atoms with E-state index in [4.69, 9.17) is 4.74 Å². The Hall–Kier alpha value is -2.67. The molecule has 0 radical (unpaired) electrons. The van der Waals surface area contributed by atoms with Crippen LogP contribution in [0.4, 0.5) is 0 Å². The Kier molecular flexibility index (Phi) is 6.94. The minimum absolute atomic E-state index is 0.0284. The molecule has 2 fully saturated rings. The van der Waals surface area contributed by atoms with Gasteiger partial charge < -0.3 is 15.4 Å². The number of carbonyl (C=O) groups excluding carboxylic acids is 2. The summed E-state index contributed by atoms with van der Waals surface area (Å²) in [6.45, 7) is 6.42. The van der Waals surface area contributed by atoms with Crippen LogP contribution in [-0.2, 0) is 27.5 Å². The molecule has 0 spiro atoms. The van der Waals surface area contributed by atoms with E-state index in [1.165, 1.54) is 4.90 Å². The van der Waals surface area contributed by atoms with Gasteiger partial charge in [0.25, 0.3) is 0 Å². The summed E-state index contributed by atoms with van der Waals surface area (Å²) >= 11 is 0. The van der Waals surface area contributed by atoms with E-state index in [1.54, 1.807) is 7.05 Å². The van der Waals surface area contributed by atoms with Gasteiger partial charge in [-0.1, -0.05) is 36.4 Å². The highest BCUT2D eigenvalue weighted by molar-refractivity contribution is 6.06. The molecule has 172 valence electrons. The van der Waals surface area contributed by atoms with Crippen molar-refractivity contribution in [1.82, 2.24) is 15.5 Å². The molecule has 1 heterocycles. The number of rotatable bonds is 9. The number of allylic oxidation sites excluding steroid dienone is 2. The van der Waals surface area contributed by atoms with Gasteiger partial charge in [-0.3, -0.25) is 19.5 Å². The lowest BCUT2D eigenvalue weighted by Crippen LogP contribution is -2.39. The molecule has 0 aromatic heterocycles. The van der Waals surface area contributed by atoms with Crippen LogP contribution in [0.15, 0.2) is 41.4 Å². The van der Waals surface area contributed by atoms with Gasteiger partial charge >= 0.3 is 0 Å². The number of amides is 2. The van der Waals surface area contributed by atoms with Gasteiger partial charge in [0.2, 0.25) is 11.8 Å². The molecule has 1 aromatic carbocycles. The van der Waals surface area contributed by atoms with E-state index in [0.717, 1.165) is 17.5 Å². The molecule has 32 heavy (non-hydrogen) atoms. The third-order valence-corrected chi connectivity index (χ3v) is 6.67. The molecule has 1 aromatic rings. The Morgan fingerprint density at radius 3 is 2.47 bits per heavy atom. The Morgan fingerprint density at radius 1 is 1.12 bits per heavy atom. The molecule has 7 nitrogen and oxygen atoms in total. The van der Waals surface area contributed by atoms with E-state index in [2.05, 4.69) is 46.0 Å². The average molecular weight is 439 g/mol. The van der Waals surface area contributed by atoms with E-state index >= 15 is 0 Å². The number of guanidine groups is 1. The molecule has 2 aliphatic carbocycles. The quantitative estimate of drug-likeness (QED) is 0.203. The highest BCUT2D eigenvalue weighted by Crippen LogP contribution is 2.52. The number of hydrogen-bond acceptors (Lipinski definition) is 4. The molecular weight excluding hydrogens is 404 g/mol. The molecule has 2 N–H and O–H groups in total. The minimum Gasteiger partial charge on any atom is -0.374 e. The van der Waals surface area contributed by atoms with Gasteiger partial charge in [-0.05, 0) is 49.7 Å². The number of fused-ring (bicyclic) bond motifs is 5. The number of imide groups is 1. The van der Waals surface area contributed by atoms with Crippen molar-refractivity contribution >= 4 is 17.8 Å². The third kappa shape index (κ3) is 4.72. The van der Waals surface area contributed by atoms with Crippen molar-refractivity contribution in [3.63, 3.8) is 0 Å². The van der Waals surface area contributed by atoms with Crippen molar-refractivity contribution in [2.24, 2.45) is 28.7 Å². The first kappa shape index (κ1) is 22.5. The van der Waals surface area contributed by atoms with Crippen molar-refractivity contribution < 1.29 is 14.3 Å². The molecule has 1 saturated carbocycles. The van der Waals surface area contributed by atoms with Gasteiger partial charge in [0, 0.05) is 26.7 Å². The zero-order valence-corrected chi connectivity index (χ0v) is 19.2. The fraction of sp³-hybridized carbons (Fsp3) is 0.560. The summed E-state index contributed by atoms with van der Waals surface area (Å²) in [5, 5.41) is 6.60. The van der Waals surface area contributed by atoms with Crippen LogP contribution in [-0.4, -0.2) is 48.9 Å². The van der Waals surface area contributed by atoms with Gasteiger partial charge in [0.1, 0.15) is 0 Å². The lowest BCUT2D eigenvalue weighted by Gasteiger charge is -2.18. The predicted molar refractivity (Wildman–Crippen MR) is 124 cm³/mol. The smallest absolute Gasteiger partial charge is 0.233 e. The van der Waals surface area contributed by atoms with E-state index in [9.17, 15) is 9.59 Å². The van der Waals surface area contributed by atoms with E-state index in [1.807, 2.05) is 19.9 Å². The van der Waals surface area contributed by atoms with Crippen LogP contribution >= 0.6 is 0 Å². The highest BCUT2D eigenvalue weighted by atomic mass is 16.5. The van der Waals surface area contributed by atoms with Gasteiger partial charge in [-0.15, -0.1) is 0 Å². The molecule has 3 aliphatic rings. The lowest BCUT2D eigenvalue weighted by atomic mass is 9.85. The summed E-state index contributed by atoms with van der Waals surface area (Å²) in [6, 6.07) is 8.30. The first-order chi connectivity index (χ1) is 15.5. The number of ether oxygens (including phenoxy) is 1. The van der Waals surface area contributed by atoms with Gasteiger partial charge in [-0.2, -0.15) is 0 Å². The van der Waals surface area contributed by atoms with Gasteiger partial charge in [0.05, 0.1) is 24.5 Å². The largest absolute Gasteiger partial charge is 0.374 e. The van der Waals surface area contributed by atoms with E-state index in [0.29, 0.717) is 38.6 Å². The van der Waals surface area contributed by atoms with Crippen molar-refractivity contribution in [1.29, 1.82) is 0 Å². The molecule has 2 bridgehead atoms. The first-order valence-corrected chi connectivity index (χ1v) is 11.7. The van der Waals surface area contributed by atoms with Crippen LogP contribution in [0.1, 0.15) is 37.8 Å². The molecule has 4 rings (SSSR count). The normalized spacial score (nSPS) is 26.4. The van der Waals surface area contributed by atoms with E-state index < -0.39 is 0 Å². The zero-order valence-electron chi connectivity index (χ0n) is 19.2. The first-order valence-electron chi connectivity index (χ1n) is 11.7.